The molecular weight excluding hydrogens is 494 g/mol. The van der Waals surface area contributed by atoms with Crippen LogP contribution in [0, 0.1) is 0 Å². The Kier molecular flexibility index (Phi) is 7.01. The van der Waals surface area contributed by atoms with Gasteiger partial charge in [0.2, 0.25) is 0 Å². The van der Waals surface area contributed by atoms with Crippen molar-refractivity contribution in [1.82, 2.24) is 10.3 Å². The average molecular weight is 526 g/mol. The first-order valence-electron chi connectivity index (χ1n) is 13.3. The number of anilines is 1. The van der Waals surface area contributed by atoms with E-state index in [1.807, 2.05) is 79.9 Å². The minimum absolute atomic E-state index is 0.169. The van der Waals surface area contributed by atoms with E-state index >= 15 is 0 Å². The first-order valence-corrected chi connectivity index (χ1v) is 13.7. The van der Waals surface area contributed by atoms with E-state index in [4.69, 9.17) is 26.1 Å². The van der Waals surface area contributed by atoms with Gasteiger partial charge in [0.1, 0.15) is 29.1 Å². The van der Waals surface area contributed by atoms with Crippen LogP contribution in [0.25, 0.3) is 11.3 Å². The van der Waals surface area contributed by atoms with Gasteiger partial charge in [0.15, 0.2) is 5.11 Å². The number of thiocarbonyl (C=S) groups is 1. The molecule has 0 bridgehead atoms. The smallest absolute Gasteiger partial charge is 0.174 e. The normalized spacial score (nSPS) is 19.5. The van der Waals surface area contributed by atoms with Gasteiger partial charge in [0, 0.05) is 17.4 Å². The molecule has 0 spiro atoms. The van der Waals surface area contributed by atoms with Crippen molar-refractivity contribution in [1.29, 1.82) is 0 Å². The minimum Gasteiger partial charge on any atom is -0.494 e. The third-order valence-corrected chi connectivity index (χ3v) is 7.50. The van der Waals surface area contributed by atoms with Crippen molar-refractivity contribution in [3.05, 3.63) is 96.5 Å². The van der Waals surface area contributed by atoms with Crippen molar-refractivity contribution in [2.24, 2.45) is 0 Å². The summed E-state index contributed by atoms with van der Waals surface area (Å²) in [5, 5.41) is 4.13. The average Bonchev–Trinajstić information content (AvgIpc) is 3.71. The van der Waals surface area contributed by atoms with Crippen molar-refractivity contribution >= 4 is 23.0 Å². The number of hydrogen-bond acceptors (Lipinski definition) is 5. The molecule has 194 valence electrons. The zero-order valence-corrected chi connectivity index (χ0v) is 22.2. The highest BCUT2D eigenvalue weighted by Crippen LogP contribution is 2.43. The minimum atomic E-state index is -0.213. The summed E-state index contributed by atoms with van der Waals surface area (Å²) in [6, 6.07) is 25.8. The Morgan fingerprint density at radius 3 is 2.42 bits per heavy atom. The Bertz CT molecular complexity index is 1370. The summed E-state index contributed by atoms with van der Waals surface area (Å²) < 4.78 is 18.3. The largest absolute Gasteiger partial charge is 0.494 e. The zero-order valence-electron chi connectivity index (χ0n) is 21.4. The van der Waals surface area contributed by atoms with Gasteiger partial charge in [0.05, 0.1) is 24.4 Å². The molecular formula is C31H31N3O3S. The zero-order chi connectivity index (χ0) is 25.9. The van der Waals surface area contributed by atoms with Gasteiger partial charge in [-0.3, -0.25) is 4.98 Å². The molecule has 38 heavy (non-hydrogen) atoms. The van der Waals surface area contributed by atoms with Gasteiger partial charge in [-0.05, 0) is 118 Å². The predicted octanol–water partition coefficient (Wildman–Crippen LogP) is 7.24. The molecule has 3 heterocycles. The Labute approximate surface area is 228 Å². The van der Waals surface area contributed by atoms with Crippen LogP contribution >= 0.6 is 12.2 Å². The third kappa shape index (κ3) is 4.98. The first kappa shape index (κ1) is 24.5. The number of furan rings is 1. The van der Waals surface area contributed by atoms with Crippen LogP contribution < -0.4 is 19.7 Å². The molecule has 0 radical (unpaired) electrons. The van der Waals surface area contributed by atoms with Crippen molar-refractivity contribution in [3.63, 3.8) is 0 Å². The summed E-state index contributed by atoms with van der Waals surface area (Å²) in [5.74, 6) is 3.34. The predicted molar refractivity (Wildman–Crippen MR) is 153 cm³/mol. The van der Waals surface area contributed by atoms with Gasteiger partial charge in [-0.1, -0.05) is 6.07 Å². The van der Waals surface area contributed by atoms with E-state index in [1.165, 1.54) is 12.8 Å². The molecule has 1 saturated heterocycles. The van der Waals surface area contributed by atoms with E-state index < -0.39 is 0 Å². The van der Waals surface area contributed by atoms with E-state index in [0.29, 0.717) is 17.8 Å². The Morgan fingerprint density at radius 2 is 1.71 bits per heavy atom. The van der Waals surface area contributed by atoms with E-state index in [0.717, 1.165) is 52.8 Å². The number of benzene rings is 2. The maximum absolute atomic E-state index is 6.48. The molecule has 6 nitrogen and oxygen atoms in total. The lowest BCUT2D eigenvalue weighted by Crippen LogP contribution is -2.29. The van der Waals surface area contributed by atoms with Crippen LogP contribution in [0.4, 0.5) is 5.69 Å². The van der Waals surface area contributed by atoms with Gasteiger partial charge >= 0.3 is 0 Å². The van der Waals surface area contributed by atoms with Gasteiger partial charge < -0.3 is 24.1 Å². The molecule has 7 heteroatoms. The molecule has 2 fully saturated rings. The molecule has 2 aliphatic rings. The van der Waals surface area contributed by atoms with Crippen LogP contribution in [0.2, 0.25) is 0 Å². The fourth-order valence-electron chi connectivity index (χ4n) is 5.35. The lowest BCUT2D eigenvalue weighted by Gasteiger charge is -2.26. The Morgan fingerprint density at radius 1 is 0.947 bits per heavy atom. The van der Waals surface area contributed by atoms with Gasteiger partial charge in [0.25, 0.3) is 0 Å². The second kappa shape index (κ2) is 10.9. The van der Waals surface area contributed by atoms with Gasteiger partial charge in [-0.2, -0.15) is 0 Å². The van der Waals surface area contributed by atoms with Crippen LogP contribution in [-0.4, -0.2) is 22.8 Å². The number of hydrogen-bond donors (Lipinski definition) is 1. The molecule has 2 atom stereocenters. The number of nitrogens with zero attached hydrogens (tertiary/aromatic N) is 2. The fraction of sp³-hybridized carbons (Fsp3) is 0.290. The topological polar surface area (TPSA) is 59.8 Å². The van der Waals surface area contributed by atoms with E-state index in [1.54, 1.807) is 0 Å². The van der Waals surface area contributed by atoms with Crippen LogP contribution in [0.3, 0.4) is 0 Å². The third-order valence-electron chi connectivity index (χ3n) is 7.19. The molecule has 0 unspecified atom stereocenters. The summed E-state index contributed by atoms with van der Waals surface area (Å²) in [6.07, 6.45) is 6.88. The molecule has 2 aromatic heterocycles. The summed E-state index contributed by atoms with van der Waals surface area (Å²) in [4.78, 5) is 6.76. The van der Waals surface area contributed by atoms with Crippen molar-refractivity contribution in [2.75, 3.05) is 11.5 Å². The maximum atomic E-state index is 6.48. The summed E-state index contributed by atoms with van der Waals surface area (Å²) in [7, 11) is 0. The highest BCUT2D eigenvalue weighted by atomic mass is 32.1. The highest BCUT2D eigenvalue weighted by Gasteiger charge is 2.42. The number of ether oxygens (including phenoxy) is 2. The first-order chi connectivity index (χ1) is 18.7. The van der Waals surface area contributed by atoms with Crippen LogP contribution in [0.15, 0.2) is 89.5 Å². The monoisotopic (exact) mass is 525 g/mol. The summed E-state index contributed by atoms with van der Waals surface area (Å²) >= 11 is 5.86. The number of pyridine rings is 1. The maximum Gasteiger partial charge on any atom is 0.174 e. The highest BCUT2D eigenvalue weighted by molar-refractivity contribution is 7.80. The van der Waals surface area contributed by atoms with E-state index in [2.05, 4.69) is 27.3 Å². The van der Waals surface area contributed by atoms with Crippen molar-refractivity contribution in [3.8, 4) is 22.8 Å². The summed E-state index contributed by atoms with van der Waals surface area (Å²) in [6.45, 7) is 2.62. The molecule has 2 aromatic carbocycles. The molecule has 1 saturated carbocycles. The van der Waals surface area contributed by atoms with Crippen LogP contribution in [0.1, 0.15) is 56.1 Å². The van der Waals surface area contributed by atoms with Crippen molar-refractivity contribution in [2.45, 2.75) is 50.8 Å². The van der Waals surface area contributed by atoms with Crippen molar-refractivity contribution < 1.29 is 13.9 Å². The molecule has 1 aliphatic carbocycles. The summed E-state index contributed by atoms with van der Waals surface area (Å²) in [5.41, 5.74) is 2.87. The molecule has 1 aliphatic heterocycles. The lowest BCUT2D eigenvalue weighted by molar-refractivity contribution is 0.210. The molecule has 1 N–H and O–H groups in total. The SMILES string of the molecule is CCOc1ccc(-c2ccc([C@@H]3[C@H](c4ccccn4)NC(=S)N3c3ccc(OC4CCCC4)cc3)o2)cc1. The lowest BCUT2D eigenvalue weighted by atomic mass is 10.0. The van der Waals surface area contributed by atoms with Gasteiger partial charge in [-0.25, -0.2) is 0 Å². The van der Waals surface area contributed by atoms with Crippen LogP contribution in [0.5, 0.6) is 11.5 Å². The van der Waals surface area contributed by atoms with Gasteiger partial charge in [-0.15, -0.1) is 0 Å². The Balaban J connectivity index is 1.32. The quantitative estimate of drug-likeness (QED) is 0.243. The van der Waals surface area contributed by atoms with E-state index in [-0.39, 0.29) is 12.1 Å². The Hall–Kier alpha value is -3.84. The van der Waals surface area contributed by atoms with Crippen LogP contribution in [-0.2, 0) is 0 Å². The second-order valence-electron chi connectivity index (χ2n) is 9.67. The number of nitrogens with one attached hydrogen (secondary N) is 1. The number of aromatic nitrogens is 1. The number of rotatable bonds is 8. The second-order valence-corrected chi connectivity index (χ2v) is 10.1. The molecule has 4 aromatic rings. The molecule has 0 amide bonds. The fourth-order valence-corrected chi connectivity index (χ4v) is 5.70. The van der Waals surface area contributed by atoms with E-state index in [9.17, 15) is 0 Å². The molecule has 6 rings (SSSR count). The standard InChI is InChI=1S/C31H31N3O3S/c1-2-35-23-14-10-21(11-15-23)27-18-19-28(37-27)30-29(26-9-5-6-20-32-26)33-31(38)34(30)22-12-16-25(17-13-22)36-24-7-3-4-8-24/h5-6,9-20,24,29-30H,2-4,7-8H2,1H3,(H,33,38)/t29-,30+/m0/s1.